The van der Waals surface area contributed by atoms with Gasteiger partial charge in [-0.25, -0.2) is 14.4 Å². The van der Waals surface area contributed by atoms with Crippen LogP contribution in [-0.4, -0.2) is 20.9 Å². The van der Waals surface area contributed by atoms with Gasteiger partial charge in [0.05, 0.1) is 17.3 Å². The van der Waals surface area contributed by atoms with Crippen molar-refractivity contribution in [3.05, 3.63) is 77.1 Å². The predicted molar refractivity (Wildman–Crippen MR) is 93.0 cm³/mol. The predicted octanol–water partition coefficient (Wildman–Crippen LogP) is 3.53. The van der Waals surface area contributed by atoms with Crippen LogP contribution in [0.15, 0.2) is 54.9 Å². The van der Waals surface area contributed by atoms with Gasteiger partial charge in [-0.05, 0) is 36.4 Å². The fourth-order valence-corrected chi connectivity index (χ4v) is 2.19. The lowest BCUT2D eigenvalue weighted by molar-refractivity contribution is 0.102. The molecule has 0 atom stereocenters. The van der Waals surface area contributed by atoms with Crippen molar-refractivity contribution in [3.63, 3.8) is 0 Å². The number of carbonyl (C=O) groups excluding carboxylic acids is 1. The molecule has 6 nitrogen and oxygen atoms in total. The third-order valence-electron chi connectivity index (χ3n) is 3.22. The molecular weight excluding hydrogens is 345 g/mol. The fourth-order valence-electron chi connectivity index (χ4n) is 2.01. The average Bonchev–Trinajstić information content (AvgIpc) is 2.64. The van der Waals surface area contributed by atoms with Crippen molar-refractivity contribution < 1.29 is 9.18 Å². The van der Waals surface area contributed by atoms with Gasteiger partial charge in [0.1, 0.15) is 11.5 Å². The Morgan fingerprint density at radius 1 is 1.12 bits per heavy atom. The number of halogens is 2. The Morgan fingerprint density at radius 3 is 2.76 bits per heavy atom. The van der Waals surface area contributed by atoms with Crippen LogP contribution in [0.3, 0.4) is 0 Å². The number of benzene rings is 1. The first-order chi connectivity index (χ1) is 12.1. The molecule has 8 heteroatoms. The number of nitrogens with zero attached hydrogens (tertiary/aromatic N) is 3. The van der Waals surface area contributed by atoms with E-state index in [1.54, 1.807) is 6.20 Å². The highest BCUT2D eigenvalue weighted by molar-refractivity contribution is 6.31. The highest BCUT2D eigenvalue weighted by Gasteiger charge is 2.10. The van der Waals surface area contributed by atoms with Crippen LogP contribution in [0.5, 0.6) is 0 Å². The van der Waals surface area contributed by atoms with Crippen molar-refractivity contribution in [2.75, 3.05) is 10.6 Å². The lowest BCUT2D eigenvalue weighted by Crippen LogP contribution is -2.15. The summed E-state index contributed by atoms with van der Waals surface area (Å²) in [6.45, 7) is 0.430. The molecule has 3 rings (SSSR count). The van der Waals surface area contributed by atoms with Gasteiger partial charge in [-0.15, -0.1) is 0 Å². The highest BCUT2D eigenvalue weighted by atomic mass is 35.5. The van der Waals surface area contributed by atoms with E-state index >= 15 is 0 Å². The number of carbonyl (C=O) groups is 1. The van der Waals surface area contributed by atoms with Crippen LogP contribution in [-0.2, 0) is 6.54 Å². The normalized spacial score (nSPS) is 10.3. The lowest BCUT2D eigenvalue weighted by atomic mass is 10.3. The summed E-state index contributed by atoms with van der Waals surface area (Å²) in [6, 6.07) is 11.0. The van der Waals surface area contributed by atoms with E-state index in [9.17, 15) is 9.18 Å². The van der Waals surface area contributed by atoms with E-state index in [4.69, 9.17) is 11.6 Å². The second-order valence-corrected chi connectivity index (χ2v) is 5.43. The molecule has 1 aromatic carbocycles. The lowest BCUT2D eigenvalue weighted by Gasteiger charge is -2.07. The summed E-state index contributed by atoms with van der Waals surface area (Å²) in [4.78, 5) is 24.7. The summed E-state index contributed by atoms with van der Waals surface area (Å²) in [6.07, 6.45) is 3.16. The Labute approximate surface area is 148 Å². The van der Waals surface area contributed by atoms with E-state index < -0.39 is 11.7 Å². The maximum Gasteiger partial charge on any atom is 0.274 e. The van der Waals surface area contributed by atoms with E-state index in [0.717, 1.165) is 5.69 Å². The molecular formula is C17H13ClFN5O. The zero-order valence-electron chi connectivity index (χ0n) is 12.9. The van der Waals surface area contributed by atoms with E-state index in [2.05, 4.69) is 25.6 Å². The van der Waals surface area contributed by atoms with Gasteiger partial charge in [0.15, 0.2) is 0 Å². The number of hydrogen-bond acceptors (Lipinski definition) is 5. The monoisotopic (exact) mass is 357 g/mol. The van der Waals surface area contributed by atoms with Gasteiger partial charge in [0, 0.05) is 18.1 Å². The molecule has 2 N–H and O–H groups in total. The third kappa shape index (κ3) is 4.48. The molecule has 1 amide bonds. The minimum Gasteiger partial charge on any atom is -0.349 e. The average molecular weight is 358 g/mol. The molecule has 0 radical (unpaired) electrons. The van der Waals surface area contributed by atoms with Crippen LogP contribution >= 0.6 is 11.6 Å². The van der Waals surface area contributed by atoms with Crippen LogP contribution in [0.4, 0.5) is 16.0 Å². The summed E-state index contributed by atoms with van der Waals surface area (Å²) >= 11 is 5.70. The van der Waals surface area contributed by atoms with Crippen LogP contribution in [0.1, 0.15) is 16.2 Å². The van der Waals surface area contributed by atoms with Crippen molar-refractivity contribution in [3.8, 4) is 0 Å². The molecule has 0 saturated carbocycles. The van der Waals surface area contributed by atoms with Crippen LogP contribution in [0, 0.1) is 5.82 Å². The van der Waals surface area contributed by atoms with Crippen LogP contribution in [0.25, 0.3) is 0 Å². The number of amides is 1. The molecule has 25 heavy (non-hydrogen) atoms. The summed E-state index contributed by atoms with van der Waals surface area (Å²) in [5, 5.41) is 5.54. The molecule has 0 unspecified atom stereocenters. The first-order valence-electron chi connectivity index (χ1n) is 7.35. The van der Waals surface area contributed by atoms with Crippen molar-refractivity contribution in [1.82, 2.24) is 15.0 Å². The van der Waals surface area contributed by atoms with Gasteiger partial charge in [0.2, 0.25) is 5.95 Å². The molecule has 0 saturated heterocycles. The number of rotatable bonds is 5. The van der Waals surface area contributed by atoms with Crippen molar-refractivity contribution in [2.45, 2.75) is 6.54 Å². The number of anilines is 2. The minimum atomic E-state index is -0.553. The first-order valence-corrected chi connectivity index (χ1v) is 7.73. The molecule has 126 valence electrons. The molecule has 3 aromatic rings. The van der Waals surface area contributed by atoms with E-state index in [1.807, 2.05) is 18.2 Å². The minimum absolute atomic E-state index is 0.0711. The zero-order valence-corrected chi connectivity index (χ0v) is 13.7. The largest absolute Gasteiger partial charge is 0.349 e. The Balaban J connectivity index is 1.67. The van der Waals surface area contributed by atoms with E-state index in [0.29, 0.717) is 18.2 Å². The second kappa shape index (κ2) is 7.67. The van der Waals surface area contributed by atoms with Gasteiger partial charge >= 0.3 is 0 Å². The Bertz CT molecular complexity index is 891. The third-order valence-corrected chi connectivity index (χ3v) is 3.51. The molecule has 2 aromatic heterocycles. The fraction of sp³-hybridized carbons (Fsp3) is 0.0588. The number of nitrogens with one attached hydrogen (secondary N) is 2. The van der Waals surface area contributed by atoms with Crippen molar-refractivity contribution in [1.29, 1.82) is 0 Å². The summed E-state index contributed by atoms with van der Waals surface area (Å²) in [5.74, 6) is -0.705. The number of aromatic nitrogens is 3. The molecule has 0 bridgehead atoms. The molecule has 0 aliphatic heterocycles. The van der Waals surface area contributed by atoms with Crippen LogP contribution in [0.2, 0.25) is 5.02 Å². The zero-order chi connectivity index (χ0) is 17.6. The molecule has 0 fully saturated rings. The summed E-state index contributed by atoms with van der Waals surface area (Å²) in [5.41, 5.74) is 1.36. The Hall–Kier alpha value is -3.06. The maximum atomic E-state index is 13.2. The van der Waals surface area contributed by atoms with Crippen molar-refractivity contribution >= 4 is 29.1 Å². The second-order valence-electron chi connectivity index (χ2n) is 5.02. The van der Waals surface area contributed by atoms with Gasteiger partial charge in [-0.1, -0.05) is 17.7 Å². The Morgan fingerprint density at radius 2 is 2.00 bits per heavy atom. The van der Waals surface area contributed by atoms with Gasteiger partial charge in [-0.3, -0.25) is 9.78 Å². The van der Waals surface area contributed by atoms with Gasteiger partial charge < -0.3 is 10.6 Å². The number of hydrogen-bond donors (Lipinski definition) is 2. The topological polar surface area (TPSA) is 79.8 Å². The smallest absolute Gasteiger partial charge is 0.274 e. The summed E-state index contributed by atoms with van der Waals surface area (Å²) < 4.78 is 13.2. The highest BCUT2D eigenvalue weighted by Crippen LogP contribution is 2.19. The van der Waals surface area contributed by atoms with Crippen molar-refractivity contribution in [2.24, 2.45) is 0 Å². The van der Waals surface area contributed by atoms with Gasteiger partial charge in [0.25, 0.3) is 5.91 Å². The molecule has 0 aliphatic rings. The molecule has 0 spiro atoms. The summed E-state index contributed by atoms with van der Waals surface area (Å²) in [7, 11) is 0. The number of pyridine rings is 1. The van der Waals surface area contributed by atoms with Gasteiger partial charge in [-0.2, -0.15) is 0 Å². The van der Waals surface area contributed by atoms with E-state index in [-0.39, 0.29) is 10.7 Å². The SMILES string of the molecule is O=C(Nc1ccc(F)c(Cl)c1)c1ccnc(NCc2ccccn2)n1. The van der Waals surface area contributed by atoms with E-state index in [1.165, 1.54) is 30.5 Å². The molecule has 0 aliphatic carbocycles. The maximum absolute atomic E-state index is 13.2. The molecule has 2 heterocycles. The van der Waals surface area contributed by atoms with Crippen LogP contribution < -0.4 is 10.6 Å². The Kier molecular flexibility index (Phi) is 5.15. The quantitative estimate of drug-likeness (QED) is 0.730. The first kappa shape index (κ1) is 16.8. The standard InChI is InChI=1S/C17H13ClFN5O/c18-13-9-11(4-5-14(13)19)23-16(25)15-6-8-21-17(24-15)22-10-12-3-1-2-7-20-12/h1-9H,10H2,(H,23,25)(H,21,22,24).